The lowest BCUT2D eigenvalue weighted by Gasteiger charge is -2.57. The van der Waals surface area contributed by atoms with Crippen molar-refractivity contribution in [2.45, 2.75) is 70.8 Å². The summed E-state index contributed by atoms with van der Waals surface area (Å²) in [6.45, 7) is 4.38. The summed E-state index contributed by atoms with van der Waals surface area (Å²) in [6, 6.07) is 0. The molecule has 0 aliphatic heterocycles. The van der Waals surface area contributed by atoms with Gasteiger partial charge >= 0.3 is 0 Å². The van der Waals surface area contributed by atoms with Crippen LogP contribution in [0, 0.1) is 23.7 Å². The minimum Gasteiger partial charge on any atom is -0.351 e. The Balaban J connectivity index is 1.60. The van der Waals surface area contributed by atoms with Crippen LogP contribution >= 0.6 is 0 Å². The second-order valence-corrected chi connectivity index (χ2v) is 7.68. The summed E-state index contributed by atoms with van der Waals surface area (Å²) in [5, 5.41) is 3.44. The van der Waals surface area contributed by atoms with Crippen LogP contribution in [0.4, 0.5) is 0 Å². The van der Waals surface area contributed by atoms with E-state index in [-0.39, 0.29) is 5.54 Å². The maximum atomic E-state index is 12.1. The first-order valence-electron chi connectivity index (χ1n) is 7.86. The van der Waals surface area contributed by atoms with E-state index in [0.717, 1.165) is 30.6 Å². The average Bonchev–Trinajstić information content (AvgIpc) is 2.23. The van der Waals surface area contributed by atoms with Crippen molar-refractivity contribution in [3.63, 3.8) is 0 Å². The molecule has 0 unspecified atom stereocenters. The normalized spacial score (nSPS) is 41.4. The Bertz CT molecular complexity index is 299. The van der Waals surface area contributed by atoms with Crippen LogP contribution in [0.15, 0.2) is 0 Å². The molecule has 0 radical (unpaired) electrons. The van der Waals surface area contributed by atoms with Gasteiger partial charge in [0.25, 0.3) is 0 Å². The Morgan fingerprint density at radius 2 is 1.61 bits per heavy atom. The van der Waals surface area contributed by atoms with Crippen molar-refractivity contribution in [1.29, 1.82) is 0 Å². The smallest absolute Gasteiger partial charge is 0.220 e. The highest BCUT2D eigenvalue weighted by Crippen LogP contribution is 2.55. The number of amides is 1. The van der Waals surface area contributed by atoms with Gasteiger partial charge in [-0.25, -0.2) is 0 Å². The number of carbonyl (C=O) groups excluding carboxylic acids is 1. The second kappa shape index (κ2) is 4.54. The molecule has 4 aliphatic rings. The molecule has 0 saturated heterocycles. The fourth-order valence-electron chi connectivity index (χ4n) is 5.04. The van der Waals surface area contributed by atoms with Gasteiger partial charge in [0.2, 0.25) is 5.91 Å². The van der Waals surface area contributed by atoms with Crippen LogP contribution in [-0.2, 0) is 4.79 Å². The average molecular weight is 249 g/mol. The Hall–Kier alpha value is -0.530. The largest absolute Gasteiger partial charge is 0.351 e. The van der Waals surface area contributed by atoms with E-state index in [1.807, 2.05) is 0 Å². The third kappa shape index (κ3) is 2.44. The highest BCUT2D eigenvalue weighted by molar-refractivity contribution is 5.76. The highest BCUT2D eigenvalue weighted by Gasteiger charge is 2.51. The van der Waals surface area contributed by atoms with Gasteiger partial charge in [0.1, 0.15) is 0 Å². The molecule has 1 N–H and O–H groups in total. The van der Waals surface area contributed by atoms with Crippen molar-refractivity contribution in [2.75, 3.05) is 0 Å². The molecular formula is C16H27NO. The van der Waals surface area contributed by atoms with Crippen LogP contribution < -0.4 is 5.32 Å². The van der Waals surface area contributed by atoms with Gasteiger partial charge in [0.05, 0.1) is 0 Å². The number of carbonyl (C=O) groups is 1. The summed E-state index contributed by atoms with van der Waals surface area (Å²) in [5.74, 6) is 3.70. The van der Waals surface area contributed by atoms with Gasteiger partial charge in [0, 0.05) is 12.0 Å². The third-order valence-corrected chi connectivity index (χ3v) is 5.39. The molecule has 4 fully saturated rings. The molecule has 0 aromatic rings. The monoisotopic (exact) mass is 249 g/mol. The molecule has 0 heterocycles. The first-order valence-corrected chi connectivity index (χ1v) is 7.86. The van der Waals surface area contributed by atoms with Crippen LogP contribution in [0.25, 0.3) is 0 Å². The standard InChI is InChI=1S/C16H27NO/c1-11(2)3-4-15(18)17-16-8-12-5-13(9-16)7-14(6-12)10-16/h11-14H,3-10H2,1-2H3,(H,17,18). The van der Waals surface area contributed by atoms with Crippen molar-refractivity contribution in [3.8, 4) is 0 Å². The van der Waals surface area contributed by atoms with E-state index >= 15 is 0 Å². The van der Waals surface area contributed by atoms with E-state index in [4.69, 9.17) is 0 Å². The van der Waals surface area contributed by atoms with E-state index in [1.54, 1.807) is 0 Å². The lowest BCUT2D eigenvalue weighted by Crippen LogP contribution is -2.59. The van der Waals surface area contributed by atoms with Crippen LogP contribution in [0.1, 0.15) is 65.2 Å². The van der Waals surface area contributed by atoms with Crippen molar-refractivity contribution in [3.05, 3.63) is 0 Å². The van der Waals surface area contributed by atoms with Gasteiger partial charge < -0.3 is 5.32 Å². The van der Waals surface area contributed by atoms with Gasteiger partial charge in [-0.1, -0.05) is 13.8 Å². The minimum atomic E-state index is 0.211. The highest BCUT2D eigenvalue weighted by atomic mass is 16.1. The SMILES string of the molecule is CC(C)CCC(=O)NC12CC3CC(CC(C3)C1)C2. The topological polar surface area (TPSA) is 29.1 Å². The summed E-state index contributed by atoms with van der Waals surface area (Å²) >= 11 is 0. The Labute approximate surface area is 111 Å². The molecule has 0 aromatic carbocycles. The van der Waals surface area contributed by atoms with Gasteiger partial charge in [-0.2, -0.15) is 0 Å². The maximum Gasteiger partial charge on any atom is 0.220 e. The Morgan fingerprint density at radius 1 is 1.11 bits per heavy atom. The number of hydrogen-bond acceptors (Lipinski definition) is 1. The van der Waals surface area contributed by atoms with Gasteiger partial charge in [-0.15, -0.1) is 0 Å². The summed E-state index contributed by atoms with van der Waals surface area (Å²) in [6.07, 6.45) is 9.90. The molecule has 4 rings (SSSR count). The van der Waals surface area contributed by atoms with E-state index in [2.05, 4.69) is 19.2 Å². The van der Waals surface area contributed by atoms with E-state index in [1.165, 1.54) is 38.5 Å². The minimum absolute atomic E-state index is 0.211. The fraction of sp³-hybridized carbons (Fsp3) is 0.938. The molecule has 0 atom stereocenters. The molecule has 4 saturated carbocycles. The molecule has 102 valence electrons. The predicted octanol–water partition coefficient (Wildman–Crippen LogP) is 3.51. The van der Waals surface area contributed by atoms with E-state index in [9.17, 15) is 4.79 Å². The van der Waals surface area contributed by atoms with Crippen molar-refractivity contribution in [2.24, 2.45) is 23.7 Å². The molecule has 18 heavy (non-hydrogen) atoms. The molecule has 4 bridgehead atoms. The van der Waals surface area contributed by atoms with Crippen LogP contribution in [0.5, 0.6) is 0 Å². The number of rotatable bonds is 4. The van der Waals surface area contributed by atoms with Crippen molar-refractivity contribution in [1.82, 2.24) is 5.32 Å². The number of nitrogens with one attached hydrogen (secondary N) is 1. The van der Waals surface area contributed by atoms with Crippen molar-refractivity contribution < 1.29 is 4.79 Å². The molecule has 0 spiro atoms. The first kappa shape index (κ1) is 12.5. The Kier molecular flexibility index (Phi) is 3.15. The zero-order valence-electron chi connectivity index (χ0n) is 11.9. The van der Waals surface area contributed by atoms with Crippen LogP contribution in [0.3, 0.4) is 0 Å². The lowest BCUT2D eigenvalue weighted by molar-refractivity contribution is -0.127. The summed E-state index contributed by atoms with van der Waals surface area (Å²) in [4.78, 5) is 12.1. The number of hydrogen-bond donors (Lipinski definition) is 1. The molecule has 2 nitrogen and oxygen atoms in total. The third-order valence-electron chi connectivity index (χ3n) is 5.39. The first-order chi connectivity index (χ1) is 8.55. The summed E-state index contributed by atoms with van der Waals surface area (Å²) in [5.41, 5.74) is 0.211. The molecule has 1 amide bonds. The van der Waals surface area contributed by atoms with Crippen molar-refractivity contribution >= 4 is 5.91 Å². The maximum absolute atomic E-state index is 12.1. The zero-order valence-corrected chi connectivity index (χ0v) is 11.9. The Morgan fingerprint density at radius 3 is 2.06 bits per heavy atom. The van der Waals surface area contributed by atoms with Gasteiger partial charge in [-0.05, 0) is 68.6 Å². The molecular weight excluding hydrogens is 222 g/mol. The molecule has 2 heteroatoms. The summed E-state index contributed by atoms with van der Waals surface area (Å²) < 4.78 is 0. The zero-order chi connectivity index (χ0) is 12.8. The van der Waals surface area contributed by atoms with Gasteiger partial charge in [0.15, 0.2) is 0 Å². The van der Waals surface area contributed by atoms with E-state index in [0.29, 0.717) is 11.8 Å². The van der Waals surface area contributed by atoms with E-state index < -0.39 is 0 Å². The van der Waals surface area contributed by atoms with Crippen LogP contribution in [-0.4, -0.2) is 11.4 Å². The quantitative estimate of drug-likeness (QED) is 0.811. The lowest BCUT2D eigenvalue weighted by atomic mass is 9.53. The fourth-order valence-corrected chi connectivity index (χ4v) is 5.04. The second-order valence-electron chi connectivity index (χ2n) is 7.68. The molecule has 4 aliphatic carbocycles. The van der Waals surface area contributed by atoms with Gasteiger partial charge in [-0.3, -0.25) is 4.79 Å². The van der Waals surface area contributed by atoms with Crippen LogP contribution in [0.2, 0.25) is 0 Å². The predicted molar refractivity (Wildman–Crippen MR) is 73.1 cm³/mol. The molecule has 0 aromatic heterocycles. The summed E-state index contributed by atoms with van der Waals surface area (Å²) in [7, 11) is 0.